The van der Waals surface area contributed by atoms with Crippen LogP contribution in [-0.2, 0) is 18.1 Å². The molecule has 0 aliphatic heterocycles. The van der Waals surface area contributed by atoms with Crippen molar-refractivity contribution in [2.75, 3.05) is 0 Å². The van der Waals surface area contributed by atoms with Crippen LogP contribution in [0.1, 0.15) is 16.7 Å². The third-order valence-corrected chi connectivity index (χ3v) is 11.8. The van der Waals surface area contributed by atoms with Gasteiger partial charge in [0.25, 0.3) is 0 Å². The number of hydrogen-bond acceptors (Lipinski definition) is 1. The van der Waals surface area contributed by atoms with Gasteiger partial charge < -0.3 is 5.11 Å². The molecule has 2 nitrogen and oxygen atoms in total. The summed E-state index contributed by atoms with van der Waals surface area (Å²) in [7, 11) is 0. The van der Waals surface area contributed by atoms with Crippen molar-refractivity contribution in [2.24, 2.45) is 0 Å². The quantitative estimate of drug-likeness (QED) is 0.391. The number of hydrogen-bond donors (Lipinski definition) is 1. The van der Waals surface area contributed by atoms with Crippen LogP contribution >= 0.6 is 0 Å². The van der Waals surface area contributed by atoms with Crippen LogP contribution < -0.4 is 0 Å². The van der Waals surface area contributed by atoms with E-state index in [2.05, 4.69) is 97.6 Å². The summed E-state index contributed by atoms with van der Waals surface area (Å²) >= 11 is -1.56. The molecule has 0 aliphatic carbocycles. The van der Waals surface area contributed by atoms with Crippen molar-refractivity contribution in [3.05, 3.63) is 120 Å². The van der Waals surface area contributed by atoms with Crippen LogP contribution in [0.3, 0.4) is 0 Å². The zero-order chi connectivity index (χ0) is 19.3. The molecule has 0 aromatic heterocycles. The van der Waals surface area contributed by atoms with E-state index in [0.717, 1.165) is 6.08 Å². The van der Waals surface area contributed by atoms with Crippen molar-refractivity contribution in [2.45, 2.75) is 13.3 Å². The van der Waals surface area contributed by atoms with Gasteiger partial charge in [0.1, 0.15) is 0 Å². The second-order valence-electron chi connectivity index (χ2n) is 6.28. The average Bonchev–Trinajstić information content (AvgIpc) is 2.71. The Bertz CT molecular complexity index is 703. The third kappa shape index (κ3) is 8.74. The monoisotopic (exact) mass is 465 g/mol. The molecule has 0 saturated carbocycles. The molecular formula is C24H25O2Sn. The summed E-state index contributed by atoms with van der Waals surface area (Å²) in [5, 5.41) is 7.60. The van der Waals surface area contributed by atoms with Crippen molar-refractivity contribution in [1.29, 1.82) is 0 Å². The van der Waals surface area contributed by atoms with Gasteiger partial charge in [0.2, 0.25) is 0 Å². The first kappa shape index (κ1) is 21.0. The van der Waals surface area contributed by atoms with E-state index in [1.54, 1.807) is 0 Å². The van der Waals surface area contributed by atoms with E-state index in [-0.39, 0.29) is 0 Å². The Balaban J connectivity index is 0.000000465. The summed E-state index contributed by atoms with van der Waals surface area (Å²) in [6.07, 6.45) is 0.833. The molecule has 137 valence electrons. The maximum atomic E-state index is 9.25. The number of carboxylic acids is 1. The number of rotatable bonds is 7. The van der Waals surface area contributed by atoms with Crippen LogP contribution in [0, 0.1) is 0 Å². The first-order chi connectivity index (χ1) is 13.2. The summed E-state index contributed by atoms with van der Waals surface area (Å²) in [5.74, 6) is -0.981. The summed E-state index contributed by atoms with van der Waals surface area (Å²) in [6, 6.07) is 33.1. The van der Waals surface area contributed by atoms with Gasteiger partial charge in [0, 0.05) is 6.08 Å². The molecule has 0 aliphatic rings. The van der Waals surface area contributed by atoms with E-state index in [4.69, 9.17) is 5.11 Å². The van der Waals surface area contributed by atoms with Crippen molar-refractivity contribution in [1.82, 2.24) is 0 Å². The van der Waals surface area contributed by atoms with Gasteiger partial charge in [-0.15, -0.1) is 0 Å². The fourth-order valence-corrected chi connectivity index (χ4v) is 10.9. The Morgan fingerprint density at radius 2 is 0.963 bits per heavy atom. The molecule has 3 aromatic carbocycles. The number of carbonyl (C=O) groups is 1. The molecule has 0 amide bonds. The molecule has 0 fully saturated rings. The van der Waals surface area contributed by atoms with Gasteiger partial charge >= 0.3 is 147 Å². The Kier molecular flexibility index (Phi) is 9.42. The van der Waals surface area contributed by atoms with Crippen LogP contribution in [0.2, 0.25) is 0 Å². The second kappa shape index (κ2) is 12.1. The molecule has 1 radical (unpaired) electrons. The standard InChI is InChI=1S/3C7H7.C3H4O2.Sn/c3*1-7-5-3-2-4-6-7;1-2-3(4)5;/h3*2-6H,1H2;2H,1H2,(H,4,5);. The van der Waals surface area contributed by atoms with Crippen LogP contribution in [0.4, 0.5) is 0 Å². The molecule has 0 unspecified atom stereocenters. The minimum absolute atomic E-state index is 0.833. The number of carboxylic acid groups (broad SMARTS) is 1. The van der Waals surface area contributed by atoms with E-state index in [0.29, 0.717) is 0 Å². The molecule has 0 spiro atoms. The van der Waals surface area contributed by atoms with Gasteiger partial charge in [0.05, 0.1) is 0 Å². The molecule has 3 heteroatoms. The molecule has 3 aromatic rings. The SMILES string of the molecule is C=CC(=O)O.c1ccc([CH2][Sn]([CH2]c2ccccc2)[CH2]c2ccccc2)cc1. The van der Waals surface area contributed by atoms with Crippen LogP contribution in [0.5, 0.6) is 0 Å². The molecular weight excluding hydrogens is 439 g/mol. The van der Waals surface area contributed by atoms with Crippen molar-refractivity contribution in [3.8, 4) is 0 Å². The Morgan fingerprint density at radius 1 is 0.704 bits per heavy atom. The van der Waals surface area contributed by atoms with Crippen LogP contribution in [-0.4, -0.2) is 30.8 Å². The fraction of sp³-hybridized carbons (Fsp3) is 0.125. The summed E-state index contributed by atoms with van der Waals surface area (Å²) in [5.41, 5.74) is 4.55. The third-order valence-electron chi connectivity index (χ3n) is 4.07. The van der Waals surface area contributed by atoms with E-state index in [9.17, 15) is 4.79 Å². The van der Waals surface area contributed by atoms with Gasteiger partial charge in [-0.1, -0.05) is 6.58 Å². The summed E-state index contributed by atoms with van der Waals surface area (Å²) in [4.78, 5) is 9.25. The number of aliphatic carboxylic acids is 1. The zero-order valence-corrected chi connectivity index (χ0v) is 18.3. The molecule has 27 heavy (non-hydrogen) atoms. The predicted octanol–water partition coefficient (Wildman–Crippen LogP) is 5.08. The first-order valence-electron chi connectivity index (χ1n) is 8.98. The second-order valence-corrected chi connectivity index (χ2v) is 13.6. The fourth-order valence-electron chi connectivity index (χ4n) is 2.84. The van der Waals surface area contributed by atoms with Gasteiger partial charge in [-0.05, 0) is 0 Å². The van der Waals surface area contributed by atoms with Crippen molar-refractivity contribution in [3.63, 3.8) is 0 Å². The minimum atomic E-state index is -1.56. The first-order valence-corrected chi connectivity index (χ1v) is 15.0. The molecule has 1 N–H and O–H groups in total. The molecule has 0 heterocycles. The number of benzene rings is 3. The van der Waals surface area contributed by atoms with E-state index < -0.39 is 25.7 Å². The average molecular weight is 464 g/mol. The van der Waals surface area contributed by atoms with Crippen LogP contribution in [0.15, 0.2) is 104 Å². The Labute approximate surface area is 168 Å². The Hall–Kier alpha value is -2.33. The molecule has 0 saturated heterocycles. The predicted molar refractivity (Wildman–Crippen MR) is 114 cm³/mol. The van der Waals surface area contributed by atoms with Crippen molar-refractivity contribution >= 4 is 25.7 Å². The van der Waals surface area contributed by atoms with Gasteiger partial charge in [-0.25, -0.2) is 4.79 Å². The van der Waals surface area contributed by atoms with Crippen LogP contribution in [0.25, 0.3) is 0 Å². The summed E-state index contributed by atoms with van der Waals surface area (Å²) in [6.45, 7) is 2.96. The molecule has 3 rings (SSSR count). The topological polar surface area (TPSA) is 37.3 Å². The summed E-state index contributed by atoms with van der Waals surface area (Å²) < 4.78 is 3.98. The molecule has 0 atom stereocenters. The van der Waals surface area contributed by atoms with Gasteiger partial charge in [-0.3, -0.25) is 0 Å². The van der Waals surface area contributed by atoms with E-state index in [1.165, 1.54) is 30.0 Å². The van der Waals surface area contributed by atoms with Gasteiger partial charge in [-0.2, -0.15) is 0 Å². The van der Waals surface area contributed by atoms with Crippen molar-refractivity contribution < 1.29 is 9.90 Å². The Morgan fingerprint density at radius 3 is 1.19 bits per heavy atom. The van der Waals surface area contributed by atoms with Gasteiger partial charge in [0.15, 0.2) is 0 Å². The normalized spacial score (nSPS) is 9.96. The van der Waals surface area contributed by atoms with E-state index in [1.807, 2.05) is 0 Å². The van der Waals surface area contributed by atoms with E-state index >= 15 is 0 Å². The maximum absolute atomic E-state index is 9.25. The zero-order valence-electron chi connectivity index (χ0n) is 15.4. The molecule has 0 bridgehead atoms.